The van der Waals surface area contributed by atoms with E-state index in [4.69, 9.17) is 9.15 Å². The number of methoxy groups -OCH3 is 1. The molecule has 0 aliphatic carbocycles. The molecule has 0 aromatic carbocycles. The molecule has 3 heteroatoms. The molecule has 0 spiro atoms. The van der Waals surface area contributed by atoms with E-state index in [9.17, 15) is 4.79 Å². The molecule has 2 atom stereocenters. The van der Waals surface area contributed by atoms with Gasteiger partial charge in [0.25, 0.3) is 5.95 Å². The third kappa shape index (κ3) is 4.93. The Kier molecular flexibility index (Phi) is 5.87. The molecule has 0 bridgehead atoms. The molecular weight excluding hydrogens is 240 g/mol. The van der Waals surface area contributed by atoms with E-state index >= 15 is 0 Å². The van der Waals surface area contributed by atoms with Crippen molar-refractivity contribution in [3.05, 3.63) is 34.2 Å². The Morgan fingerprint density at radius 3 is 2.68 bits per heavy atom. The molecule has 0 N–H and O–H groups in total. The second kappa shape index (κ2) is 7.17. The van der Waals surface area contributed by atoms with Crippen molar-refractivity contribution >= 4 is 5.57 Å². The summed E-state index contributed by atoms with van der Waals surface area (Å²) in [6, 6.07) is 2.85. The van der Waals surface area contributed by atoms with E-state index in [1.54, 1.807) is 0 Å². The lowest BCUT2D eigenvalue weighted by molar-refractivity contribution is 0.293. The number of ether oxygens (including phenoxy) is 1. The van der Waals surface area contributed by atoms with Gasteiger partial charge >= 0.3 is 0 Å². The van der Waals surface area contributed by atoms with Gasteiger partial charge in [-0.25, -0.2) is 0 Å². The lowest BCUT2D eigenvalue weighted by Crippen LogP contribution is -2.02. The summed E-state index contributed by atoms with van der Waals surface area (Å²) in [5.41, 5.74) is 0.882. The fourth-order valence-corrected chi connectivity index (χ4v) is 2.13. The Hall–Kier alpha value is -1.51. The first kappa shape index (κ1) is 15.5. The maximum Gasteiger partial charge on any atom is 0.288 e. The van der Waals surface area contributed by atoms with Gasteiger partial charge in [-0.1, -0.05) is 33.3 Å². The molecule has 19 heavy (non-hydrogen) atoms. The van der Waals surface area contributed by atoms with Gasteiger partial charge in [-0.05, 0) is 30.8 Å². The molecule has 0 saturated heterocycles. The molecule has 1 aromatic rings. The Bertz CT molecular complexity index is 485. The first-order chi connectivity index (χ1) is 8.96. The quantitative estimate of drug-likeness (QED) is 0.775. The fourth-order valence-electron chi connectivity index (χ4n) is 2.13. The highest BCUT2D eigenvalue weighted by molar-refractivity contribution is 5.59. The maximum absolute atomic E-state index is 11.5. The van der Waals surface area contributed by atoms with Crippen molar-refractivity contribution in [1.29, 1.82) is 0 Å². The van der Waals surface area contributed by atoms with E-state index in [2.05, 4.69) is 26.8 Å². The van der Waals surface area contributed by atoms with Gasteiger partial charge in [0.05, 0.1) is 13.2 Å². The Morgan fingerprint density at radius 1 is 1.42 bits per heavy atom. The minimum absolute atomic E-state index is 0.0968. The standard InChI is InChI=1S/C16H24O3/c1-6-11(2)7-12(3)8-13(4)15-9-14(17)10-16(18-5)19-15/h8-12H,6-7H2,1-5H3. The van der Waals surface area contributed by atoms with Crippen LogP contribution in [0.4, 0.5) is 0 Å². The summed E-state index contributed by atoms with van der Waals surface area (Å²) in [6.07, 6.45) is 4.48. The summed E-state index contributed by atoms with van der Waals surface area (Å²) >= 11 is 0. The van der Waals surface area contributed by atoms with Crippen molar-refractivity contribution in [2.45, 2.75) is 40.5 Å². The predicted octanol–water partition coefficient (Wildman–Crippen LogP) is 4.12. The van der Waals surface area contributed by atoms with Crippen molar-refractivity contribution in [2.75, 3.05) is 7.11 Å². The number of hydrogen-bond acceptors (Lipinski definition) is 3. The highest BCUT2D eigenvalue weighted by Gasteiger charge is 2.08. The summed E-state index contributed by atoms with van der Waals surface area (Å²) in [5, 5.41) is 0. The van der Waals surface area contributed by atoms with Crippen LogP contribution in [0.5, 0.6) is 5.95 Å². The van der Waals surface area contributed by atoms with Crippen LogP contribution < -0.4 is 10.2 Å². The fraction of sp³-hybridized carbons (Fsp3) is 0.562. The molecule has 0 saturated carbocycles. The van der Waals surface area contributed by atoms with E-state index in [-0.39, 0.29) is 11.4 Å². The molecule has 0 fully saturated rings. The van der Waals surface area contributed by atoms with Crippen LogP contribution in [0.25, 0.3) is 5.57 Å². The molecule has 2 unspecified atom stereocenters. The second-order valence-electron chi connectivity index (χ2n) is 5.26. The van der Waals surface area contributed by atoms with Crippen molar-refractivity contribution in [3.8, 4) is 5.95 Å². The Balaban J connectivity index is 2.89. The summed E-state index contributed by atoms with van der Waals surface area (Å²) in [6.45, 7) is 8.61. The van der Waals surface area contributed by atoms with Crippen molar-refractivity contribution < 1.29 is 9.15 Å². The van der Waals surface area contributed by atoms with E-state index in [0.29, 0.717) is 17.6 Å². The summed E-state index contributed by atoms with van der Waals surface area (Å²) in [7, 11) is 1.49. The monoisotopic (exact) mass is 264 g/mol. The zero-order valence-corrected chi connectivity index (χ0v) is 12.5. The molecule has 106 valence electrons. The van der Waals surface area contributed by atoms with Gasteiger partial charge < -0.3 is 9.15 Å². The molecule has 1 rings (SSSR count). The lowest BCUT2D eigenvalue weighted by atomic mass is 9.93. The highest BCUT2D eigenvalue weighted by Crippen LogP contribution is 2.22. The minimum Gasteiger partial charge on any atom is -0.468 e. The normalized spacial score (nSPS) is 15.1. The smallest absolute Gasteiger partial charge is 0.288 e. The minimum atomic E-state index is -0.0968. The predicted molar refractivity (Wildman–Crippen MR) is 78.4 cm³/mol. The molecule has 3 nitrogen and oxygen atoms in total. The molecule has 0 amide bonds. The van der Waals surface area contributed by atoms with E-state index in [1.165, 1.54) is 25.7 Å². The van der Waals surface area contributed by atoms with E-state index in [1.807, 2.05) is 6.92 Å². The zero-order chi connectivity index (χ0) is 14.4. The van der Waals surface area contributed by atoms with Crippen LogP contribution in [0, 0.1) is 11.8 Å². The third-order valence-corrected chi connectivity index (χ3v) is 3.34. The number of hydrogen-bond donors (Lipinski definition) is 0. The van der Waals surface area contributed by atoms with Gasteiger partial charge in [0.1, 0.15) is 5.76 Å². The average Bonchev–Trinajstić information content (AvgIpc) is 2.37. The van der Waals surface area contributed by atoms with Crippen LogP contribution in [0.3, 0.4) is 0 Å². The largest absolute Gasteiger partial charge is 0.468 e. The van der Waals surface area contributed by atoms with E-state index in [0.717, 1.165) is 12.0 Å². The summed E-state index contributed by atoms with van der Waals surface area (Å²) in [5.74, 6) is 2.01. The first-order valence-electron chi connectivity index (χ1n) is 6.84. The van der Waals surface area contributed by atoms with Crippen LogP contribution >= 0.6 is 0 Å². The number of allylic oxidation sites excluding steroid dienone is 2. The van der Waals surface area contributed by atoms with Crippen molar-refractivity contribution in [3.63, 3.8) is 0 Å². The van der Waals surface area contributed by atoms with Crippen LogP contribution in [0.1, 0.15) is 46.3 Å². The van der Waals surface area contributed by atoms with Crippen LogP contribution in [-0.2, 0) is 0 Å². The van der Waals surface area contributed by atoms with E-state index < -0.39 is 0 Å². The lowest BCUT2D eigenvalue weighted by Gasteiger charge is -2.13. The van der Waals surface area contributed by atoms with Gasteiger partial charge in [-0.2, -0.15) is 0 Å². The Morgan fingerprint density at radius 2 is 2.11 bits per heavy atom. The summed E-state index contributed by atoms with van der Waals surface area (Å²) < 4.78 is 10.5. The van der Waals surface area contributed by atoms with Gasteiger partial charge in [0, 0.05) is 6.07 Å². The van der Waals surface area contributed by atoms with Crippen LogP contribution in [0.2, 0.25) is 0 Å². The van der Waals surface area contributed by atoms with Crippen molar-refractivity contribution in [2.24, 2.45) is 11.8 Å². The third-order valence-electron chi connectivity index (χ3n) is 3.34. The molecule has 1 aromatic heterocycles. The molecular formula is C16H24O3. The SMILES string of the molecule is CCC(C)CC(C)C=C(C)c1cc(=O)cc(OC)o1. The average molecular weight is 264 g/mol. The first-order valence-corrected chi connectivity index (χ1v) is 6.84. The highest BCUT2D eigenvalue weighted by atomic mass is 16.6. The van der Waals surface area contributed by atoms with Crippen LogP contribution in [-0.4, -0.2) is 7.11 Å². The Labute approximate surface area is 115 Å². The topological polar surface area (TPSA) is 39.4 Å². The van der Waals surface area contributed by atoms with Crippen LogP contribution in [0.15, 0.2) is 27.4 Å². The molecule has 0 aliphatic heterocycles. The van der Waals surface area contributed by atoms with Gasteiger partial charge in [0.15, 0.2) is 5.43 Å². The van der Waals surface area contributed by atoms with Gasteiger partial charge in [0.2, 0.25) is 0 Å². The molecule has 1 heterocycles. The zero-order valence-electron chi connectivity index (χ0n) is 12.5. The van der Waals surface area contributed by atoms with Gasteiger partial charge in [-0.3, -0.25) is 4.79 Å². The molecule has 0 aliphatic rings. The maximum atomic E-state index is 11.5. The van der Waals surface area contributed by atoms with Crippen molar-refractivity contribution in [1.82, 2.24) is 0 Å². The summed E-state index contributed by atoms with van der Waals surface area (Å²) in [4.78, 5) is 11.5. The number of rotatable bonds is 6. The second-order valence-corrected chi connectivity index (χ2v) is 5.26. The van der Waals surface area contributed by atoms with Gasteiger partial charge in [-0.15, -0.1) is 0 Å². The molecule has 0 radical (unpaired) electrons.